The Kier molecular flexibility index (Phi) is 4.08. The summed E-state index contributed by atoms with van der Waals surface area (Å²) in [5, 5.41) is 13.3. The van der Waals surface area contributed by atoms with Gasteiger partial charge in [-0.1, -0.05) is 11.6 Å². The molecule has 0 atom stereocenters. The fraction of sp³-hybridized carbons (Fsp3) is 0.167. The highest BCUT2D eigenvalue weighted by atomic mass is 35.5. The van der Waals surface area contributed by atoms with Gasteiger partial charge in [0, 0.05) is 31.6 Å². The Morgan fingerprint density at radius 2 is 2.29 bits per heavy atom. The van der Waals surface area contributed by atoms with E-state index in [2.05, 4.69) is 10.3 Å². The maximum absolute atomic E-state index is 12.1. The second-order valence-corrected chi connectivity index (χ2v) is 4.69. The lowest BCUT2D eigenvalue weighted by molar-refractivity contribution is -0.384. The fourth-order valence-corrected chi connectivity index (χ4v) is 1.93. The molecule has 0 aliphatic rings. The molecule has 1 amide bonds. The van der Waals surface area contributed by atoms with Crippen LogP contribution < -0.4 is 11.1 Å². The van der Waals surface area contributed by atoms with E-state index in [1.807, 2.05) is 0 Å². The van der Waals surface area contributed by atoms with Gasteiger partial charge in [0.15, 0.2) is 0 Å². The van der Waals surface area contributed by atoms with Gasteiger partial charge < -0.3 is 15.6 Å². The van der Waals surface area contributed by atoms with Crippen LogP contribution in [0.2, 0.25) is 5.02 Å². The van der Waals surface area contributed by atoms with Crippen molar-refractivity contribution in [2.45, 2.75) is 6.54 Å². The van der Waals surface area contributed by atoms with Crippen molar-refractivity contribution in [3.63, 3.8) is 0 Å². The summed E-state index contributed by atoms with van der Waals surface area (Å²) in [4.78, 5) is 26.3. The molecule has 110 valence electrons. The minimum absolute atomic E-state index is 0.000364. The van der Waals surface area contributed by atoms with E-state index >= 15 is 0 Å². The van der Waals surface area contributed by atoms with Gasteiger partial charge in [-0.2, -0.15) is 0 Å². The Balaban J connectivity index is 2.22. The fourth-order valence-electron chi connectivity index (χ4n) is 1.72. The molecule has 3 N–H and O–H groups in total. The first-order valence-corrected chi connectivity index (χ1v) is 6.25. The summed E-state index contributed by atoms with van der Waals surface area (Å²) in [5.74, 6) is 0.0829. The van der Waals surface area contributed by atoms with Gasteiger partial charge in [0.2, 0.25) is 0 Å². The number of nitrogens with two attached hydrogens (primary N) is 1. The molecule has 9 heteroatoms. The summed E-state index contributed by atoms with van der Waals surface area (Å²) in [5.41, 5.74) is 5.36. The third-order valence-corrected chi connectivity index (χ3v) is 3.21. The number of nitrogens with one attached hydrogen (secondary N) is 1. The number of hydrogen-bond donors (Lipinski definition) is 2. The van der Waals surface area contributed by atoms with E-state index in [0.717, 1.165) is 12.1 Å². The highest BCUT2D eigenvalue weighted by Gasteiger charge is 2.19. The predicted octanol–water partition coefficient (Wildman–Crippen LogP) is 1.49. The summed E-state index contributed by atoms with van der Waals surface area (Å²) in [6.07, 6.45) is 3.33. The Bertz CT molecular complexity index is 713. The van der Waals surface area contributed by atoms with Gasteiger partial charge in [-0.05, 0) is 0 Å². The molecule has 0 radical (unpaired) electrons. The average molecular weight is 310 g/mol. The smallest absolute Gasteiger partial charge is 0.271 e. The van der Waals surface area contributed by atoms with Gasteiger partial charge in [0.1, 0.15) is 5.82 Å². The Morgan fingerprint density at radius 1 is 1.57 bits per heavy atom. The third-order valence-electron chi connectivity index (χ3n) is 2.90. The van der Waals surface area contributed by atoms with E-state index in [-0.39, 0.29) is 28.5 Å². The van der Waals surface area contributed by atoms with Crippen LogP contribution in [0.4, 0.5) is 11.4 Å². The van der Waals surface area contributed by atoms with Crippen LogP contribution in [0.1, 0.15) is 16.2 Å². The van der Waals surface area contributed by atoms with Gasteiger partial charge in [-0.15, -0.1) is 0 Å². The van der Waals surface area contributed by atoms with Crippen molar-refractivity contribution >= 4 is 28.9 Å². The van der Waals surface area contributed by atoms with Crippen molar-refractivity contribution in [1.82, 2.24) is 14.9 Å². The lowest BCUT2D eigenvalue weighted by Crippen LogP contribution is -2.25. The van der Waals surface area contributed by atoms with Crippen LogP contribution in [0.25, 0.3) is 0 Å². The Hall–Kier alpha value is -2.61. The van der Waals surface area contributed by atoms with Crippen LogP contribution in [0.15, 0.2) is 24.5 Å². The number of aromatic nitrogens is 2. The quantitative estimate of drug-likeness (QED) is 0.504. The lowest BCUT2D eigenvalue weighted by Gasteiger charge is -2.08. The maximum atomic E-state index is 12.1. The Labute approximate surface area is 124 Å². The van der Waals surface area contributed by atoms with Crippen LogP contribution in [-0.2, 0) is 13.6 Å². The molecule has 21 heavy (non-hydrogen) atoms. The molecule has 1 aromatic carbocycles. The topological polar surface area (TPSA) is 116 Å². The van der Waals surface area contributed by atoms with Crippen LogP contribution in [0.3, 0.4) is 0 Å². The number of rotatable bonds is 4. The molecule has 0 saturated carbocycles. The monoisotopic (exact) mass is 309 g/mol. The Morgan fingerprint density at radius 3 is 2.86 bits per heavy atom. The van der Waals surface area contributed by atoms with E-state index in [1.165, 1.54) is 0 Å². The van der Waals surface area contributed by atoms with Crippen molar-refractivity contribution < 1.29 is 9.72 Å². The van der Waals surface area contributed by atoms with Crippen LogP contribution in [0.5, 0.6) is 0 Å². The number of nitro groups is 1. The van der Waals surface area contributed by atoms with E-state index in [9.17, 15) is 14.9 Å². The van der Waals surface area contributed by atoms with E-state index in [4.69, 9.17) is 17.3 Å². The SMILES string of the molecule is Cn1ccnc1CNC(=O)c1cc([N+](=O)[O-])cc(Cl)c1N. The van der Waals surface area contributed by atoms with Crippen LogP contribution >= 0.6 is 11.6 Å². The minimum Gasteiger partial charge on any atom is -0.397 e. The molecular formula is C12H12ClN5O3. The van der Waals surface area contributed by atoms with Crippen molar-refractivity contribution in [1.29, 1.82) is 0 Å². The van der Waals surface area contributed by atoms with Gasteiger partial charge in [-0.3, -0.25) is 14.9 Å². The highest BCUT2D eigenvalue weighted by molar-refractivity contribution is 6.34. The van der Waals surface area contributed by atoms with Gasteiger partial charge >= 0.3 is 0 Å². The lowest BCUT2D eigenvalue weighted by atomic mass is 10.1. The largest absolute Gasteiger partial charge is 0.397 e. The zero-order valence-corrected chi connectivity index (χ0v) is 11.8. The molecule has 0 saturated heterocycles. The molecule has 0 aliphatic heterocycles. The number of amides is 1. The number of nitrogens with zero attached hydrogens (tertiary/aromatic N) is 3. The zero-order valence-electron chi connectivity index (χ0n) is 11.0. The first-order chi connectivity index (χ1) is 9.90. The van der Waals surface area contributed by atoms with Crippen LogP contribution in [0, 0.1) is 10.1 Å². The molecule has 0 spiro atoms. The van der Waals surface area contributed by atoms with Gasteiger partial charge in [0.25, 0.3) is 11.6 Å². The number of imidazole rings is 1. The normalized spacial score (nSPS) is 10.4. The van der Waals surface area contributed by atoms with Crippen molar-refractivity contribution in [2.24, 2.45) is 7.05 Å². The predicted molar refractivity (Wildman–Crippen MR) is 76.9 cm³/mol. The second-order valence-electron chi connectivity index (χ2n) is 4.28. The summed E-state index contributed by atoms with van der Waals surface area (Å²) in [6, 6.07) is 2.20. The van der Waals surface area contributed by atoms with Gasteiger partial charge in [-0.25, -0.2) is 4.98 Å². The zero-order chi connectivity index (χ0) is 15.6. The number of anilines is 1. The molecule has 2 aromatic rings. The summed E-state index contributed by atoms with van der Waals surface area (Å²) in [6.45, 7) is 0.169. The number of nitro benzene ring substituents is 1. The molecule has 0 fully saturated rings. The van der Waals surface area contributed by atoms with Crippen molar-refractivity contribution in [3.8, 4) is 0 Å². The maximum Gasteiger partial charge on any atom is 0.271 e. The second kappa shape index (κ2) is 5.80. The molecule has 8 nitrogen and oxygen atoms in total. The average Bonchev–Trinajstić information content (AvgIpc) is 2.84. The minimum atomic E-state index is -0.638. The number of aryl methyl sites for hydroxylation is 1. The van der Waals surface area contributed by atoms with Crippen LogP contribution in [-0.4, -0.2) is 20.4 Å². The van der Waals surface area contributed by atoms with E-state index in [1.54, 1.807) is 24.0 Å². The molecule has 1 aromatic heterocycles. The third kappa shape index (κ3) is 3.11. The van der Waals surface area contributed by atoms with Crippen molar-refractivity contribution in [2.75, 3.05) is 5.73 Å². The number of hydrogen-bond acceptors (Lipinski definition) is 5. The summed E-state index contributed by atoms with van der Waals surface area (Å²) >= 11 is 5.81. The number of carbonyl (C=O) groups excluding carboxylic acids is 1. The molecule has 2 rings (SSSR count). The number of non-ortho nitro benzene ring substituents is 1. The first-order valence-electron chi connectivity index (χ1n) is 5.88. The first kappa shape index (κ1) is 14.8. The van der Waals surface area contributed by atoms with Crippen molar-refractivity contribution in [3.05, 3.63) is 51.1 Å². The standard InChI is InChI=1S/C12H12ClN5O3/c1-17-3-2-15-10(17)6-16-12(19)8-4-7(18(20)21)5-9(13)11(8)14/h2-5H,6,14H2,1H3,(H,16,19). The van der Waals surface area contributed by atoms with Gasteiger partial charge in [0.05, 0.1) is 27.7 Å². The number of benzene rings is 1. The molecule has 0 aliphatic carbocycles. The molecule has 1 heterocycles. The number of halogens is 1. The summed E-state index contributed by atoms with van der Waals surface area (Å²) < 4.78 is 1.74. The number of nitrogen functional groups attached to an aromatic ring is 1. The van der Waals surface area contributed by atoms with E-state index < -0.39 is 10.8 Å². The molecule has 0 unspecified atom stereocenters. The number of carbonyl (C=O) groups is 1. The molecular weight excluding hydrogens is 298 g/mol. The highest BCUT2D eigenvalue weighted by Crippen LogP contribution is 2.28. The van der Waals surface area contributed by atoms with E-state index in [0.29, 0.717) is 5.82 Å². The molecule has 0 bridgehead atoms. The summed E-state index contributed by atoms with van der Waals surface area (Å²) in [7, 11) is 1.78.